The van der Waals surface area contributed by atoms with Gasteiger partial charge in [-0.2, -0.15) is 0 Å². The van der Waals surface area contributed by atoms with Gasteiger partial charge in [0.05, 0.1) is 12.2 Å². The van der Waals surface area contributed by atoms with Crippen LogP contribution in [0.3, 0.4) is 0 Å². The third kappa shape index (κ3) is 1.65. The summed E-state index contributed by atoms with van der Waals surface area (Å²) in [6, 6.07) is 5.99. The Morgan fingerprint density at radius 3 is 2.53 bits per heavy atom. The van der Waals surface area contributed by atoms with E-state index >= 15 is 0 Å². The number of carbonyl (C=O) groups excluding carboxylic acids is 1. The number of hydrogen-bond acceptors (Lipinski definition) is 2. The van der Waals surface area contributed by atoms with Crippen molar-refractivity contribution in [3.05, 3.63) is 29.3 Å². The van der Waals surface area contributed by atoms with Gasteiger partial charge in [0.25, 0.3) is 0 Å². The third-order valence-corrected chi connectivity index (χ3v) is 5.48. The van der Waals surface area contributed by atoms with Crippen LogP contribution in [0.15, 0.2) is 18.2 Å². The molecule has 1 aromatic carbocycles. The van der Waals surface area contributed by atoms with Crippen molar-refractivity contribution in [1.29, 1.82) is 0 Å². The minimum Gasteiger partial charge on any atom is -0.493 e. The summed E-state index contributed by atoms with van der Waals surface area (Å²) >= 11 is 0. The monoisotopic (exact) mass is 258 g/mol. The van der Waals surface area contributed by atoms with E-state index in [0.29, 0.717) is 0 Å². The van der Waals surface area contributed by atoms with Gasteiger partial charge in [0.2, 0.25) is 0 Å². The molecule has 0 radical (unpaired) electrons. The molecule has 102 valence electrons. The average Bonchev–Trinajstić information content (AvgIpc) is 2.78. The van der Waals surface area contributed by atoms with E-state index in [1.165, 1.54) is 5.56 Å². The lowest BCUT2D eigenvalue weighted by molar-refractivity contribution is 0.0940. The second kappa shape index (κ2) is 3.84. The summed E-state index contributed by atoms with van der Waals surface area (Å²) in [6.45, 7) is 9.48. The first-order valence-corrected chi connectivity index (χ1v) is 7.16. The molecule has 1 aliphatic heterocycles. The van der Waals surface area contributed by atoms with E-state index in [-0.39, 0.29) is 22.5 Å². The first kappa shape index (κ1) is 12.7. The molecule has 0 saturated heterocycles. The average molecular weight is 258 g/mol. The molecule has 3 rings (SSSR count). The fraction of sp³-hybridized carbons (Fsp3) is 0.588. The van der Waals surface area contributed by atoms with Gasteiger partial charge >= 0.3 is 0 Å². The third-order valence-electron chi connectivity index (χ3n) is 5.48. The second-order valence-corrected chi connectivity index (χ2v) is 6.99. The molecular formula is C17H22O2. The molecular weight excluding hydrogens is 236 g/mol. The van der Waals surface area contributed by atoms with E-state index in [2.05, 4.69) is 33.8 Å². The molecule has 2 aliphatic rings. The highest BCUT2D eigenvalue weighted by atomic mass is 16.5. The van der Waals surface area contributed by atoms with Crippen LogP contribution >= 0.6 is 0 Å². The summed E-state index contributed by atoms with van der Waals surface area (Å²) in [6.07, 6.45) is 2.07. The molecule has 0 amide bonds. The van der Waals surface area contributed by atoms with Crippen LogP contribution in [0.25, 0.3) is 0 Å². The van der Waals surface area contributed by atoms with E-state index in [0.717, 1.165) is 30.8 Å². The lowest BCUT2D eigenvalue weighted by Gasteiger charge is -2.20. The minimum atomic E-state index is 0.0848. The van der Waals surface area contributed by atoms with Crippen molar-refractivity contribution in [2.45, 2.75) is 40.5 Å². The molecule has 1 aliphatic carbocycles. The zero-order valence-corrected chi connectivity index (χ0v) is 12.2. The number of ketones is 1. The van der Waals surface area contributed by atoms with Crippen LogP contribution in [0.5, 0.6) is 5.75 Å². The van der Waals surface area contributed by atoms with Crippen LogP contribution in [-0.4, -0.2) is 12.4 Å². The minimum absolute atomic E-state index is 0.0848. The second-order valence-electron chi connectivity index (χ2n) is 6.99. The normalized spacial score (nSPS) is 23.4. The standard InChI is InChI=1S/C17H22O2/c1-16(2)15(17(16,3)4)13(18)12-9-5-7-11-8-6-10-19-14(11)12/h5,7,9,15H,6,8,10H2,1-4H3. The fourth-order valence-electron chi connectivity index (χ4n) is 3.59. The van der Waals surface area contributed by atoms with Crippen LogP contribution in [0.1, 0.15) is 50.0 Å². The van der Waals surface area contributed by atoms with Crippen molar-refractivity contribution >= 4 is 5.78 Å². The zero-order valence-electron chi connectivity index (χ0n) is 12.2. The molecule has 0 aromatic heterocycles. The number of ether oxygens (including phenoxy) is 1. The van der Waals surface area contributed by atoms with Crippen molar-refractivity contribution in [2.24, 2.45) is 16.7 Å². The molecule has 0 bridgehead atoms. The molecule has 0 unspecified atom stereocenters. The molecule has 0 atom stereocenters. The summed E-state index contributed by atoms with van der Waals surface area (Å²) in [5, 5.41) is 0. The van der Waals surface area contributed by atoms with Crippen LogP contribution in [-0.2, 0) is 6.42 Å². The lowest BCUT2D eigenvalue weighted by Crippen LogP contribution is -2.15. The Hall–Kier alpha value is -1.31. The topological polar surface area (TPSA) is 26.3 Å². The highest BCUT2D eigenvalue weighted by Crippen LogP contribution is 2.69. The van der Waals surface area contributed by atoms with E-state index in [4.69, 9.17) is 4.74 Å². The molecule has 1 fully saturated rings. The van der Waals surface area contributed by atoms with Crippen LogP contribution < -0.4 is 4.74 Å². The maximum absolute atomic E-state index is 12.8. The number of Topliss-reactive ketones (excluding diaryl/α,β-unsaturated/α-hetero) is 1. The van der Waals surface area contributed by atoms with Gasteiger partial charge in [-0.3, -0.25) is 4.79 Å². The van der Waals surface area contributed by atoms with Crippen LogP contribution in [0.2, 0.25) is 0 Å². The summed E-state index contributed by atoms with van der Waals surface area (Å²) in [4.78, 5) is 12.8. The Kier molecular flexibility index (Phi) is 2.57. The SMILES string of the molecule is CC1(C)C(C(=O)c2cccc3c2OCCC3)C1(C)C. The maximum atomic E-state index is 12.8. The summed E-state index contributed by atoms with van der Waals surface area (Å²) < 4.78 is 5.77. The van der Waals surface area contributed by atoms with Crippen LogP contribution in [0.4, 0.5) is 0 Å². The van der Waals surface area contributed by atoms with E-state index in [1.807, 2.05) is 12.1 Å². The van der Waals surface area contributed by atoms with Gasteiger partial charge in [-0.15, -0.1) is 0 Å². The first-order valence-electron chi connectivity index (χ1n) is 7.16. The van der Waals surface area contributed by atoms with Crippen molar-refractivity contribution in [1.82, 2.24) is 0 Å². The molecule has 19 heavy (non-hydrogen) atoms. The van der Waals surface area contributed by atoms with Gasteiger partial charge in [-0.05, 0) is 35.3 Å². The van der Waals surface area contributed by atoms with Gasteiger partial charge in [-0.25, -0.2) is 0 Å². The number of fused-ring (bicyclic) bond motifs is 1. The van der Waals surface area contributed by atoms with Crippen molar-refractivity contribution < 1.29 is 9.53 Å². The lowest BCUT2D eigenvalue weighted by atomic mass is 9.95. The van der Waals surface area contributed by atoms with E-state index in [1.54, 1.807) is 0 Å². The van der Waals surface area contributed by atoms with Crippen molar-refractivity contribution in [3.8, 4) is 5.75 Å². The smallest absolute Gasteiger partial charge is 0.170 e. The Morgan fingerprint density at radius 2 is 1.89 bits per heavy atom. The molecule has 1 heterocycles. The van der Waals surface area contributed by atoms with Gasteiger partial charge < -0.3 is 4.74 Å². The summed E-state index contributed by atoms with van der Waals surface area (Å²) in [5.74, 6) is 1.21. The van der Waals surface area contributed by atoms with Gasteiger partial charge in [0, 0.05) is 5.92 Å². The molecule has 0 spiro atoms. The number of benzene rings is 1. The number of rotatable bonds is 2. The predicted molar refractivity (Wildman–Crippen MR) is 75.6 cm³/mol. The highest BCUT2D eigenvalue weighted by molar-refractivity contribution is 6.03. The summed E-state index contributed by atoms with van der Waals surface area (Å²) in [5.41, 5.74) is 2.15. The molecule has 2 heteroatoms. The Balaban J connectivity index is 1.98. The Bertz CT molecular complexity index is 526. The van der Waals surface area contributed by atoms with E-state index in [9.17, 15) is 4.79 Å². The van der Waals surface area contributed by atoms with Crippen LogP contribution in [0, 0.1) is 16.7 Å². The largest absolute Gasteiger partial charge is 0.493 e. The summed E-state index contributed by atoms with van der Waals surface area (Å²) in [7, 11) is 0. The molecule has 1 saturated carbocycles. The predicted octanol–water partition coefficient (Wildman–Crippen LogP) is 3.88. The number of carbonyl (C=O) groups is 1. The van der Waals surface area contributed by atoms with Crippen molar-refractivity contribution in [3.63, 3.8) is 0 Å². The van der Waals surface area contributed by atoms with E-state index < -0.39 is 0 Å². The Labute approximate surface area is 115 Å². The number of aryl methyl sites for hydroxylation is 1. The Morgan fingerprint density at radius 1 is 1.21 bits per heavy atom. The van der Waals surface area contributed by atoms with Crippen molar-refractivity contribution in [2.75, 3.05) is 6.61 Å². The molecule has 1 aromatic rings. The first-order chi connectivity index (χ1) is 8.87. The zero-order chi connectivity index (χ0) is 13.8. The van der Waals surface area contributed by atoms with Gasteiger partial charge in [-0.1, -0.05) is 39.8 Å². The van der Waals surface area contributed by atoms with Gasteiger partial charge in [0.15, 0.2) is 5.78 Å². The fourth-order valence-corrected chi connectivity index (χ4v) is 3.59. The maximum Gasteiger partial charge on any atom is 0.170 e. The highest BCUT2D eigenvalue weighted by Gasteiger charge is 2.68. The molecule has 2 nitrogen and oxygen atoms in total. The van der Waals surface area contributed by atoms with Gasteiger partial charge in [0.1, 0.15) is 5.75 Å². The number of para-hydroxylation sites is 1. The number of hydrogen-bond donors (Lipinski definition) is 0. The quantitative estimate of drug-likeness (QED) is 0.753. The molecule has 0 N–H and O–H groups in total.